The van der Waals surface area contributed by atoms with E-state index in [2.05, 4.69) is 41.5 Å². The summed E-state index contributed by atoms with van der Waals surface area (Å²) in [5.74, 6) is 1.82. The maximum absolute atomic E-state index is 13.1. The number of hydrogen-bond acceptors (Lipinski definition) is 5. The Balaban J connectivity index is 1.41. The van der Waals surface area contributed by atoms with Gasteiger partial charge in [-0.1, -0.05) is 37.3 Å². The molecule has 158 valence electrons. The molecule has 4 nitrogen and oxygen atoms in total. The van der Waals surface area contributed by atoms with Crippen LogP contribution in [0.3, 0.4) is 0 Å². The third-order valence-electron chi connectivity index (χ3n) is 5.93. The molecule has 0 saturated heterocycles. The molecule has 0 aliphatic carbocycles. The Labute approximate surface area is 186 Å². The third kappa shape index (κ3) is 3.91. The van der Waals surface area contributed by atoms with Crippen molar-refractivity contribution in [1.82, 2.24) is 4.90 Å². The predicted molar refractivity (Wildman–Crippen MR) is 124 cm³/mol. The van der Waals surface area contributed by atoms with E-state index in [1.807, 2.05) is 31.2 Å². The number of carbonyl (C=O) groups excluding carboxylic acids is 1. The second kappa shape index (κ2) is 8.33. The molecule has 0 fully saturated rings. The summed E-state index contributed by atoms with van der Waals surface area (Å²) in [5.41, 5.74) is 4.77. The molecule has 3 aromatic rings. The zero-order chi connectivity index (χ0) is 21.4. The van der Waals surface area contributed by atoms with Crippen molar-refractivity contribution in [3.8, 4) is 11.5 Å². The molecule has 5 heteroatoms. The van der Waals surface area contributed by atoms with Crippen molar-refractivity contribution in [3.63, 3.8) is 0 Å². The first kappa shape index (κ1) is 20.0. The van der Waals surface area contributed by atoms with Crippen LogP contribution in [0.2, 0.25) is 0 Å². The number of benzene rings is 2. The molecule has 31 heavy (non-hydrogen) atoms. The number of ketones is 1. The molecule has 0 radical (unpaired) electrons. The Hall–Kier alpha value is -2.89. The summed E-state index contributed by atoms with van der Waals surface area (Å²) in [7, 11) is 0. The van der Waals surface area contributed by atoms with Crippen LogP contribution in [0.15, 0.2) is 53.6 Å². The third-order valence-corrected chi connectivity index (χ3v) is 6.86. The highest BCUT2D eigenvalue weighted by atomic mass is 32.1. The highest BCUT2D eigenvalue weighted by Crippen LogP contribution is 2.44. The number of thiophene rings is 1. The van der Waals surface area contributed by atoms with Crippen LogP contribution in [0.4, 0.5) is 0 Å². The van der Waals surface area contributed by atoms with E-state index in [1.165, 1.54) is 10.4 Å². The van der Waals surface area contributed by atoms with Crippen LogP contribution in [0, 0.1) is 6.92 Å². The van der Waals surface area contributed by atoms with Crippen LogP contribution in [0.5, 0.6) is 11.5 Å². The lowest BCUT2D eigenvalue weighted by Crippen LogP contribution is -2.33. The minimum Gasteiger partial charge on any atom is -0.478 e. The highest BCUT2D eigenvalue weighted by molar-refractivity contribution is 7.09. The summed E-state index contributed by atoms with van der Waals surface area (Å²) in [6.07, 6.45) is 3.82. The molecule has 0 amide bonds. The Kier molecular flexibility index (Phi) is 5.38. The minimum atomic E-state index is -0.0504. The molecular formula is C26H25NO3S. The molecule has 0 saturated carbocycles. The number of nitrogens with zero attached hydrogens (tertiary/aromatic N) is 1. The van der Waals surface area contributed by atoms with Gasteiger partial charge in [0, 0.05) is 18.0 Å². The molecule has 3 heterocycles. The van der Waals surface area contributed by atoms with Crippen LogP contribution >= 0.6 is 11.3 Å². The summed E-state index contributed by atoms with van der Waals surface area (Å²) in [6, 6.07) is 14.5. The Morgan fingerprint density at radius 1 is 1.19 bits per heavy atom. The largest absolute Gasteiger partial charge is 0.478 e. The van der Waals surface area contributed by atoms with E-state index in [0.29, 0.717) is 23.8 Å². The molecule has 2 aliphatic rings. The van der Waals surface area contributed by atoms with Gasteiger partial charge in [-0.2, -0.15) is 0 Å². The van der Waals surface area contributed by atoms with Crippen molar-refractivity contribution in [3.05, 3.63) is 86.3 Å². The van der Waals surface area contributed by atoms with E-state index < -0.39 is 0 Å². The Bertz CT molecular complexity index is 1150. The average Bonchev–Trinajstić information content (AvgIpc) is 3.42. The van der Waals surface area contributed by atoms with E-state index in [1.54, 1.807) is 11.3 Å². The molecule has 0 unspecified atom stereocenters. The van der Waals surface area contributed by atoms with Crippen molar-refractivity contribution in [1.29, 1.82) is 0 Å². The number of allylic oxidation sites excluding steroid dienone is 1. The fourth-order valence-electron chi connectivity index (χ4n) is 4.14. The SMILES string of the molecule is CCc1ccc(/C=C2\Oc3c4c(cc(C)c3C2=O)OCN(CCc2cccs2)C4)cc1. The molecule has 2 aromatic carbocycles. The maximum Gasteiger partial charge on any atom is 0.232 e. The van der Waals surface area contributed by atoms with E-state index in [4.69, 9.17) is 9.47 Å². The smallest absolute Gasteiger partial charge is 0.232 e. The Morgan fingerprint density at radius 3 is 2.77 bits per heavy atom. The summed E-state index contributed by atoms with van der Waals surface area (Å²) in [6.45, 7) is 6.26. The number of rotatable bonds is 5. The topological polar surface area (TPSA) is 38.8 Å². The number of ether oxygens (including phenoxy) is 2. The lowest BCUT2D eigenvalue weighted by molar-refractivity contribution is 0.0951. The molecular weight excluding hydrogens is 406 g/mol. The average molecular weight is 432 g/mol. The molecule has 0 N–H and O–H groups in total. The van der Waals surface area contributed by atoms with Crippen LogP contribution in [0.25, 0.3) is 6.08 Å². The van der Waals surface area contributed by atoms with Crippen molar-refractivity contribution < 1.29 is 14.3 Å². The summed E-state index contributed by atoms with van der Waals surface area (Å²) in [4.78, 5) is 16.8. The number of fused-ring (bicyclic) bond motifs is 3. The van der Waals surface area contributed by atoms with Crippen molar-refractivity contribution >= 4 is 23.2 Å². The number of hydrogen-bond donors (Lipinski definition) is 0. The fourth-order valence-corrected chi connectivity index (χ4v) is 4.84. The first-order chi connectivity index (χ1) is 15.1. The second-order valence-electron chi connectivity index (χ2n) is 8.06. The van der Waals surface area contributed by atoms with Gasteiger partial charge in [-0.25, -0.2) is 0 Å². The zero-order valence-corrected chi connectivity index (χ0v) is 18.6. The minimum absolute atomic E-state index is 0.0504. The fraction of sp³-hybridized carbons (Fsp3) is 0.269. The second-order valence-corrected chi connectivity index (χ2v) is 9.10. The van der Waals surface area contributed by atoms with Crippen molar-refractivity contribution in [2.24, 2.45) is 0 Å². The van der Waals surface area contributed by atoms with Gasteiger partial charge in [0.2, 0.25) is 5.78 Å². The van der Waals surface area contributed by atoms with E-state index >= 15 is 0 Å². The summed E-state index contributed by atoms with van der Waals surface area (Å²) >= 11 is 1.78. The molecule has 1 aromatic heterocycles. The molecule has 0 atom stereocenters. The van der Waals surface area contributed by atoms with Gasteiger partial charge < -0.3 is 9.47 Å². The summed E-state index contributed by atoms with van der Waals surface area (Å²) in [5, 5.41) is 2.11. The van der Waals surface area contributed by atoms with E-state index in [-0.39, 0.29) is 5.78 Å². The van der Waals surface area contributed by atoms with Gasteiger partial charge in [0.15, 0.2) is 5.76 Å². The molecule has 0 bridgehead atoms. The van der Waals surface area contributed by atoms with Gasteiger partial charge in [0.05, 0.1) is 11.1 Å². The summed E-state index contributed by atoms with van der Waals surface area (Å²) < 4.78 is 12.2. The highest BCUT2D eigenvalue weighted by Gasteiger charge is 2.35. The van der Waals surface area contributed by atoms with Crippen LogP contribution in [-0.4, -0.2) is 24.0 Å². The van der Waals surface area contributed by atoms with Crippen molar-refractivity contribution in [2.75, 3.05) is 13.3 Å². The molecule has 5 rings (SSSR count). The lowest BCUT2D eigenvalue weighted by Gasteiger charge is -2.30. The number of carbonyl (C=O) groups is 1. The van der Waals surface area contributed by atoms with Crippen molar-refractivity contribution in [2.45, 2.75) is 33.2 Å². The first-order valence-electron chi connectivity index (χ1n) is 10.7. The van der Waals surface area contributed by atoms with E-state index in [9.17, 15) is 4.79 Å². The molecule has 2 aliphatic heterocycles. The Morgan fingerprint density at radius 2 is 2.03 bits per heavy atom. The van der Waals surface area contributed by atoms with E-state index in [0.717, 1.165) is 48.4 Å². The van der Waals surface area contributed by atoms with Crippen LogP contribution in [0.1, 0.15) is 44.4 Å². The van der Waals surface area contributed by atoms with Crippen LogP contribution < -0.4 is 9.47 Å². The van der Waals surface area contributed by atoms with Gasteiger partial charge in [-0.15, -0.1) is 11.3 Å². The normalized spacial score (nSPS) is 16.7. The standard InChI is InChI=1S/C26H25NO3S/c1-3-18-6-8-19(9-7-18)14-23-25(28)24-17(2)13-22-21(26(24)30-23)15-27(16-29-22)11-10-20-5-4-12-31-20/h4-9,12-14H,3,10-11,15-16H2,1-2H3/b23-14-. The van der Waals surface area contributed by atoms with Gasteiger partial charge in [0.1, 0.15) is 18.2 Å². The molecule has 0 spiro atoms. The van der Waals surface area contributed by atoms with Gasteiger partial charge >= 0.3 is 0 Å². The quantitative estimate of drug-likeness (QED) is 0.491. The predicted octanol–water partition coefficient (Wildman–Crippen LogP) is 5.63. The zero-order valence-electron chi connectivity index (χ0n) is 17.8. The van der Waals surface area contributed by atoms with Gasteiger partial charge in [0.25, 0.3) is 0 Å². The van der Waals surface area contributed by atoms with Gasteiger partial charge in [-0.05, 0) is 60.0 Å². The number of aryl methyl sites for hydroxylation is 2. The number of Topliss-reactive ketones (excluding diaryl/α,β-unsaturated/α-hetero) is 1. The monoisotopic (exact) mass is 431 g/mol. The lowest BCUT2D eigenvalue weighted by atomic mass is 9.98. The maximum atomic E-state index is 13.1. The first-order valence-corrected chi connectivity index (χ1v) is 11.6. The van der Waals surface area contributed by atoms with Gasteiger partial charge in [-0.3, -0.25) is 9.69 Å². The van der Waals surface area contributed by atoms with Crippen LogP contribution in [-0.2, 0) is 19.4 Å².